The number of ketones is 1. The molecular weight excluding hydrogens is 432 g/mol. The number of carbonyl (C=O) groups is 4. The van der Waals surface area contributed by atoms with Crippen LogP contribution in [-0.4, -0.2) is 59.6 Å². The normalized spacial score (nSPS) is 27.1. The molecule has 188 valence electrons. The number of rotatable bonds is 11. The van der Waals surface area contributed by atoms with Crippen LogP contribution in [0, 0.1) is 23.2 Å². The van der Waals surface area contributed by atoms with Crippen molar-refractivity contribution in [1.29, 1.82) is 0 Å². The SMILES string of the molecule is C=CCCC(NC(=O)[C@@H]1C2C(CN1C(=O)C(N)C1CCCCC1)C2(C)C)C(=O)C(=O)NCC=C. The van der Waals surface area contributed by atoms with Crippen molar-refractivity contribution in [3.63, 3.8) is 0 Å². The number of carbonyl (C=O) groups excluding carboxylic acids is 4. The van der Waals surface area contributed by atoms with Gasteiger partial charge in [0.25, 0.3) is 5.91 Å². The average Bonchev–Trinajstić information content (AvgIpc) is 3.16. The number of likely N-dealkylation sites (tertiary alicyclic amines) is 1. The van der Waals surface area contributed by atoms with Crippen molar-refractivity contribution >= 4 is 23.5 Å². The Hall–Kier alpha value is -2.48. The molecule has 1 aliphatic heterocycles. The number of fused-ring (bicyclic) bond motifs is 1. The van der Waals surface area contributed by atoms with Gasteiger partial charge in [0.05, 0.1) is 12.1 Å². The van der Waals surface area contributed by atoms with Gasteiger partial charge >= 0.3 is 0 Å². The highest BCUT2D eigenvalue weighted by molar-refractivity contribution is 6.38. The Labute approximate surface area is 202 Å². The van der Waals surface area contributed by atoms with Gasteiger partial charge in [-0.25, -0.2) is 0 Å². The quantitative estimate of drug-likeness (QED) is 0.312. The first-order chi connectivity index (χ1) is 16.1. The van der Waals surface area contributed by atoms with Crippen molar-refractivity contribution in [3.05, 3.63) is 25.3 Å². The van der Waals surface area contributed by atoms with Crippen LogP contribution >= 0.6 is 0 Å². The third kappa shape index (κ3) is 5.27. The van der Waals surface area contributed by atoms with Gasteiger partial charge in [0.1, 0.15) is 6.04 Å². The monoisotopic (exact) mass is 472 g/mol. The summed E-state index contributed by atoms with van der Waals surface area (Å²) in [6, 6.07) is -2.28. The van der Waals surface area contributed by atoms with Crippen LogP contribution in [0.4, 0.5) is 0 Å². The van der Waals surface area contributed by atoms with Crippen LogP contribution in [0.5, 0.6) is 0 Å². The van der Waals surface area contributed by atoms with E-state index in [4.69, 9.17) is 5.73 Å². The molecule has 8 heteroatoms. The number of hydrogen-bond acceptors (Lipinski definition) is 5. The van der Waals surface area contributed by atoms with Crippen molar-refractivity contribution in [2.24, 2.45) is 28.9 Å². The van der Waals surface area contributed by atoms with Crippen LogP contribution in [0.25, 0.3) is 0 Å². The first-order valence-corrected chi connectivity index (χ1v) is 12.5. The van der Waals surface area contributed by atoms with Crippen LogP contribution in [0.2, 0.25) is 0 Å². The molecule has 0 aromatic rings. The van der Waals surface area contributed by atoms with Crippen molar-refractivity contribution in [2.75, 3.05) is 13.1 Å². The summed E-state index contributed by atoms with van der Waals surface area (Å²) >= 11 is 0. The predicted molar refractivity (Wildman–Crippen MR) is 130 cm³/mol. The molecule has 1 saturated heterocycles. The molecule has 0 spiro atoms. The van der Waals surface area contributed by atoms with Gasteiger partial charge in [-0.05, 0) is 48.9 Å². The van der Waals surface area contributed by atoms with Gasteiger partial charge in [-0.3, -0.25) is 19.2 Å². The van der Waals surface area contributed by atoms with Gasteiger partial charge in [-0.1, -0.05) is 45.3 Å². The maximum absolute atomic E-state index is 13.5. The smallest absolute Gasteiger partial charge is 0.289 e. The van der Waals surface area contributed by atoms with E-state index in [0.29, 0.717) is 13.0 Å². The van der Waals surface area contributed by atoms with Gasteiger partial charge in [0, 0.05) is 13.1 Å². The Morgan fingerprint density at radius 2 is 1.79 bits per heavy atom. The zero-order valence-electron chi connectivity index (χ0n) is 20.6. The van der Waals surface area contributed by atoms with Crippen LogP contribution < -0.4 is 16.4 Å². The number of nitrogens with two attached hydrogens (primary N) is 1. The molecule has 0 bridgehead atoms. The molecule has 34 heavy (non-hydrogen) atoms. The Balaban J connectivity index is 1.75. The molecule has 4 N–H and O–H groups in total. The minimum atomic E-state index is -0.986. The van der Waals surface area contributed by atoms with Crippen LogP contribution in [0.1, 0.15) is 58.8 Å². The highest BCUT2D eigenvalue weighted by atomic mass is 16.2. The fourth-order valence-corrected chi connectivity index (χ4v) is 5.92. The molecular formula is C26H40N4O4. The van der Waals surface area contributed by atoms with E-state index in [-0.39, 0.29) is 47.9 Å². The molecule has 3 fully saturated rings. The fourth-order valence-electron chi connectivity index (χ4n) is 5.92. The van der Waals surface area contributed by atoms with E-state index in [1.807, 2.05) is 0 Å². The van der Waals surface area contributed by atoms with E-state index in [9.17, 15) is 19.2 Å². The van der Waals surface area contributed by atoms with Gasteiger partial charge in [0.15, 0.2) is 0 Å². The summed E-state index contributed by atoms with van der Waals surface area (Å²) in [4.78, 5) is 53.6. The molecule has 2 aliphatic carbocycles. The second-order valence-electron chi connectivity index (χ2n) is 10.6. The lowest BCUT2D eigenvalue weighted by Crippen LogP contribution is -2.58. The molecule has 4 unspecified atom stereocenters. The summed E-state index contributed by atoms with van der Waals surface area (Å²) in [5, 5.41) is 5.27. The Bertz CT molecular complexity index is 833. The summed E-state index contributed by atoms with van der Waals surface area (Å²) in [5.74, 6) is -1.65. The molecule has 0 aromatic carbocycles. The fraction of sp³-hybridized carbons (Fsp3) is 0.692. The maximum atomic E-state index is 13.5. The summed E-state index contributed by atoms with van der Waals surface area (Å²) in [6.07, 6.45) is 9.05. The van der Waals surface area contributed by atoms with Crippen LogP contribution in [0.3, 0.4) is 0 Å². The van der Waals surface area contributed by atoms with Crippen molar-refractivity contribution < 1.29 is 19.2 Å². The summed E-state index contributed by atoms with van der Waals surface area (Å²) in [5.41, 5.74) is 6.35. The highest BCUT2D eigenvalue weighted by Gasteiger charge is 2.69. The zero-order chi connectivity index (χ0) is 25.0. The molecule has 3 aliphatic rings. The summed E-state index contributed by atoms with van der Waals surface area (Å²) in [7, 11) is 0. The maximum Gasteiger partial charge on any atom is 0.289 e. The number of hydrogen-bond donors (Lipinski definition) is 3. The Morgan fingerprint density at radius 3 is 2.41 bits per heavy atom. The second kappa shape index (κ2) is 10.8. The van der Waals surface area contributed by atoms with Crippen molar-refractivity contribution in [2.45, 2.75) is 76.9 Å². The lowest BCUT2D eigenvalue weighted by Gasteiger charge is -2.35. The molecule has 0 aromatic heterocycles. The summed E-state index contributed by atoms with van der Waals surface area (Å²) < 4.78 is 0. The topological polar surface area (TPSA) is 122 Å². The third-order valence-electron chi connectivity index (χ3n) is 8.13. The molecule has 2 saturated carbocycles. The van der Waals surface area contributed by atoms with Gasteiger partial charge in [0.2, 0.25) is 17.6 Å². The number of piperidine rings is 1. The minimum Gasteiger partial charge on any atom is -0.346 e. The number of allylic oxidation sites excluding steroid dienone is 1. The van der Waals surface area contributed by atoms with Crippen molar-refractivity contribution in [3.8, 4) is 0 Å². The lowest BCUT2D eigenvalue weighted by molar-refractivity contribution is -0.144. The number of Topliss-reactive ketones (excluding diaryl/α,β-unsaturated/α-hetero) is 1. The third-order valence-corrected chi connectivity index (χ3v) is 8.13. The van der Waals surface area contributed by atoms with Crippen LogP contribution in [0.15, 0.2) is 25.3 Å². The number of nitrogens with one attached hydrogen (secondary N) is 2. The van der Waals surface area contributed by atoms with E-state index < -0.39 is 29.8 Å². The largest absolute Gasteiger partial charge is 0.346 e. The number of nitrogens with zero attached hydrogens (tertiary/aromatic N) is 1. The van der Waals surface area contributed by atoms with E-state index in [2.05, 4.69) is 37.6 Å². The second-order valence-corrected chi connectivity index (χ2v) is 10.6. The van der Waals surface area contributed by atoms with Crippen LogP contribution in [-0.2, 0) is 19.2 Å². The molecule has 1 heterocycles. The van der Waals surface area contributed by atoms with Gasteiger partial charge < -0.3 is 21.3 Å². The average molecular weight is 473 g/mol. The van der Waals surface area contributed by atoms with E-state index in [1.54, 1.807) is 11.0 Å². The number of amides is 3. The predicted octanol–water partition coefficient (Wildman–Crippen LogP) is 1.70. The van der Waals surface area contributed by atoms with E-state index in [1.165, 1.54) is 12.5 Å². The minimum absolute atomic E-state index is 0.0137. The lowest BCUT2D eigenvalue weighted by atomic mass is 9.83. The summed E-state index contributed by atoms with van der Waals surface area (Å²) in [6.45, 7) is 12.1. The Kier molecular flexibility index (Phi) is 8.34. The first-order valence-electron chi connectivity index (χ1n) is 12.5. The van der Waals surface area contributed by atoms with E-state index >= 15 is 0 Å². The highest BCUT2D eigenvalue weighted by Crippen LogP contribution is 2.65. The van der Waals surface area contributed by atoms with Crippen molar-refractivity contribution in [1.82, 2.24) is 15.5 Å². The standard InChI is InChI=1S/C26H40N4O4/c1-5-7-13-18(22(31)24(33)28-14-6-2)29-23(32)21-19-17(26(19,3)4)15-30(21)25(34)20(27)16-11-9-8-10-12-16/h5-6,16-21H,1-2,7-15,27H2,3-4H3,(H,28,33)(H,29,32)/t17?,18?,19?,20?,21-/m0/s1. The zero-order valence-corrected chi connectivity index (χ0v) is 20.6. The van der Waals surface area contributed by atoms with Gasteiger partial charge in [-0.15, -0.1) is 13.2 Å². The molecule has 5 atom stereocenters. The molecule has 0 radical (unpaired) electrons. The Morgan fingerprint density at radius 1 is 1.12 bits per heavy atom. The van der Waals surface area contributed by atoms with E-state index in [0.717, 1.165) is 25.7 Å². The molecule has 8 nitrogen and oxygen atoms in total. The molecule has 3 amide bonds. The van der Waals surface area contributed by atoms with Gasteiger partial charge in [-0.2, -0.15) is 0 Å². The molecule has 3 rings (SSSR count). The first kappa shape index (κ1) is 26.1.